The zero-order chi connectivity index (χ0) is 12.8. The SMILES string of the molecule is Clc1ccc(-c2cc3nccc(C4CC4)n3n2)cc1. The number of aromatic nitrogens is 3. The Morgan fingerprint density at radius 3 is 2.63 bits per heavy atom. The molecule has 1 saturated carbocycles. The molecule has 1 fully saturated rings. The van der Waals surface area contributed by atoms with Gasteiger partial charge in [0.25, 0.3) is 0 Å². The summed E-state index contributed by atoms with van der Waals surface area (Å²) in [6.45, 7) is 0. The molecule has 4 heteroatoms. The highest BCUT2D eigenvalue weighted by molar-refractivity contribution is 6.30. The van der Waals surface area contributed by atoms with Crippen LogP contribution in [0.1, 0.15) is 24.5 Å². The molecule has 0 saturated heterocycles. The normalized spacial score (nSPS) is 15.0. The molecule has 0 amide bonds. The molecule has 1 aromatic carbocycles. The Labute approximate surface area is 115 Å². The average molecular weight is 270 g/mol. The maximum Gasteiger partial charge on any atom is 0.155 e. The molecular formula is C15H12ClN3. The minimum absolute atomic E-state index is 0.656. The maximum absolute atomic E-state index is 5.91. The smallest absolute Gasteiger partial charge is 0.155 e. The van der Waals surface area contributed by atoms with E-state index < -0.39 is 0 Å². The lowest BCUT2D eigenvalue weighted by molar-refractivity contribution is 0.845. The molecule has 3 nitrogen and oxygen atoms in total. The largest absolute Gasteiger partial charge is 0.237 e. The van der Waals surface area contributed by atoms with Crippen LogP contribution in [0.4, 0.5) is 0 Å². The van der Waals surface area contributed by atoms with Crippen LogP contribution in [0.3, 0.4) is 0 Å². The summed E-state index contributed by atoms with van der Waals surface area (Å²) in [7, 11) is 0. The molecule has 2 heterocycles. The summed E-state index contributed by atoms with van der Waals surface area (Å²) in [5.41, 5.74) is 4.19. The van der Waals surface area contributed by atoms with Crippen molar-refractivity contribution >= 4 is 17.2 Å². The minimum atomic E-state index is 0.656. The first-order chi connectivity index (χ1) is 9.31. The summed E-state index contributed by atoms with van der Waals surface area (Å²) in [5, 5.41) is 5.43. The molecule has 4 rings (SSSR count). The van der Waals surface area contributed by atoms with E-state index in [0.717, 1.165) is 21.9 Å². The van der Waals surface area contributed by atoms with Crippen molar-refractivity contribution in [3.05, 3.63) is 53.3 Å². The van der Waals surface area contributed by atoms with Crippen molar-refractivity contribution < 1.29 is 0 Å². The highest BCUT2D eigenvalue weighted by Crippen LogP contribution is 2.39. The number of hydrogen-bond acceptors (Lipinski definition) is 2. The number of rotatable bonds is 2. The number of benzene rings is 1. The third-order valence-corrected chi connectivity index (χ3v) is 3.77. The van der Waals surface area contributed by atoms with Crippen molar-refractivity contribution in [1.82, 2.24) is 14.6 Å². The first-order valence-corrected chi connectivity index (χ1v) is 6.80. The van der Waals surface area contributed by atoms with Crippen LogP contribution < -0.4 is 0 Å². The first kappa shape index (κ1) is 11.0. The molecule has 0 spiro atoms. The van der Waals surface area contributed by atoms with Gasteiger partial charge in [-0.25, -0.2) is 9.50 Å². The molecule has 0 unspecified atom stereocenters. The molecule has 1 aliphatic rings. The van der Waals surface area contributed by atoms with Crippen LogP contribution in [-0.2, 0) is 0 Å². The van der Waals surface area contributed by atoms with E-state index >= 15 is 0 Å². The van der Waals surface area contributed by atoms with E-state index in [4.69, 9.17) is 11.6 Å². The highest BCUT2D eigenvalue weighted by Gasteiger charge is 2.26. The minimum Gasteiger partial charge on any atom is -0.237 e. The van der Waals surface area contributed by atoms with Crippen molar-refractivity contribution in [2.45, 2.75) is 18.8 Å². The lowest BCUT2D eigenvalue weighted by Gasteiger charge is -2.00. The zero-order valence-electron chi connectivity index (χ0n) is 10.3. The van der Waals surface area contributed by atoms with Gasteiger partial charge in [0.2, 0.25) is 0 Å². The predicted molar refractivity (Wildman–Crippen MR) is 75.4 cm³/mol. The number of halogens is 1. The van der Waals surface area contributed by atoms with Crippen molar-refractivity contribution in [2.75, 3.05) is 0 Å². The number of fused-ring (bicyclic) bond motifs is 1. The Balaban J connectivity index is 1.87. The Kier molecular flexibility index (Phi) is 2.35. The molecule has 0 bridgehead atoms. The molecule has 0 atom stereocenters. The van der Waals surface area contributed by atoms with Crippen molar-refractivity contribution in [3.8, 4) is 11.3 Å². The second kappa shape index (κ2) is 4.07. The van der Waals surface area contributed by atoms with Gasteiger partial charge < -0.3 is 0 Å². The standard InChI is InChI=1S/C15H12ClN3/c16-12-5-3-10(4-6-12)13-9-15-17-8-7-14(11-1-2-11)19(15)18-13/h3-9,11H,1-2H2. The summed E-state index contributed by atoms with van der Waals surface area (Å²) < 4.78 is 1.97. The predicted octanol–water partition coefficient (Wildman–Crippen LogP) is 3.93. The van der Waals surface area contributed by atoms with Gasteiger partial charge in [-0.2, -0.15) is 5.10 Å². The number of hydrogen-bond donors (Lipinski definition) is 0. The van der Waals surface area contributed by atoms with Crippen molar-refractivity contribution in [1.29, 1.82) is 0 Å². The van der Waals surface area contributed by atoms with Crippen molar-refractivity contribution in [3.63, 3.8) is 0 Å². The Morgan fingerprint density at radius 1 is 1.11 bits per heavy atom. The van der Waals surface area contributed by atoms with E-state index in [1.807, 2.05) is 41.0 Å². The fourth-order valence-electron chi connectivity index (χ4n) is 2.36. The van der Waals surface area contributed by atoms with Crippen LogP contribution in [0, 0.1) is 0 Å². The molecule has 94 valence electrons. The molecule has 0 N–H and O–H groups in total. The Bertz CT molecular complexity index is 742. The van der Waals surface area contributed by atoms with Crippen LogP contribution in [0.15, 0.2) is 42.6 Å². The van der Waals surface area contributed by atoms with Gasteiger partial charge in [-0.15, -0.1) is 0 Å². The molecule has 1 aliphatic carbocycles. The van der Waals surface area contributed by atoms with E-state index in [-0.39, 0.29) is 0 Å². The van der Waals surface area contributed by atoms with Crippen LogP contribution in [0.25, 0.3) is 16.9 Å². The second-order valence-corrected chi connectivity index (χ2v) is 5.39. The van der Waals surface area contributed by atoms with E-state index in [9.17, 15) is 0 Å². The maximum atomic E-state index is 5.91. The van der Waals surface area contributed by atoms with Crippen LogP contribution >= 0.6 is 11.6 Å². The van der Waals surface area contributed by atoms with Gasteiger partial charge in [-0.3, -0.25) is 0 Å². The van der Waals surface area contributed by atoms with E-state index in [0.29, 0.717) is 5.92 Å². The molecule has 0 aliphatic heterocycles. The van der Waals surface area contributed by atoms with Gasteiger partial charge in [-0.1, -0.05) is 23.7 Å². The lowest BCUT2D eigenvalue weighted by Crippen LogP contribution is -1.97. The van der Waals surface area contributed by atoms with E-state index in [2.05, 4.69) is 16.1 Å². The van der Waals surface area contributed by atoms with E-state index in [1.165, 1.54) is 18.5 Å². The molecule has 0 radical (unpaired) electrons. The van der Waals surface area contributed by atoms with Crippen LogP contribution in [0.5, 0.6) is 0 Å². The fraction of sp³-hybridized carbons (Fsp3) is 0.200. The van der Waals surface area contributed by atoms with Crippen LogP contribution in [0.2, 0.25) is 5.02 Å². The Morgan fingerprint density at radius 2 is 1.89 bits per heavy atom. The summed E-state index contributed by atoms with van der Waals surface area (Å²) in [5.74, 6) is 0.656. The van der Waals surface area contributed by atoms with Crippen molar-refractivity contribution in [2.24, 2.45) is 0 Å². The monoisotopic (exact) mass is 269 g/mol. The summed E-state index contributed by atoms with van der Waals surface area (Å²) in [6.07, 6.45) is 4.39. The van der Waals surface area contributed by atoms with Gasteiger partial charge in [0.05, 0.1) is 5.69 Å². The van der Waals surface area contributed by atoms with Crippen LogP contribution in [-0.4, -0.2) is 14.6 Å². The molecule has 19 heavy (non-hydrogen) atoms. The molecule has 3 aromatic rings. The van der Waals surface area contributed by atoms with Gasteiger partial charge in [0.15, 0.2) is 5.65 Å². The third-order valence-electron chi connectivity index (χ3n) is 3.52. The Hall–Kier alpha value is -1.87. The van der Waals surface area contributed by atoms with Gasteiger partial charge in [-0.05, 0) is 31.0 Å². The summed E-state index contributed by atoms with van der Waals surface area (Å²) >= 11 is 5.91. The second-order valence-electron chi connectivity index (χ2n) is 4.95. The fourth-order valence-corrected chi connectivity index (χ4v) is 2.49. The number of nitrogens with zero attached hydrogens (tertiary/aromatic N) is 3. The lowest BCUT2D eigenvalue weighted by atomic mass is 10.2. The van der Waals surface area contributed by atoms with Gasteiger partial charge in [0.1, 0.15) is 0 Å². The molecule has 2 aromatic heterocycles. The van der Waals surface area contributed by atoms with Gasteiger partial charge >= 0.3 is 0 Å². The highest BCUT2D eigenvalue weighted by atomic mass is 35.5. The summed E-state index contributed by atoms with van der Waals surface area (Å²) in [4.78, 5) is 4.39. The molecular weight excluding hydrogens is 258 g/mol. The van der Waals surface area contributed by atoms with Gasteiger partial charge in [0, 0.05) is 34.5 Å². The average Bonchev–Trinajstić information content (AvgIpc) is 3.17. The van der Waals surface area contributed by atoms with E-state index in [1.54, 1.807) is 0 Å². The summed E-state index contributed by atoms with van der Waals surface area (Å²) in [6, 6.07) is 11.8. The third kappa shape index (κ3) is 1.90. The topological polar surface area (TPSA) is 30.2 Å². The quantitative estimate of drug-likeness (QED) is 0.706. The first-order valence-electron chi connectivity index (χ1n) is 6.42. The zero-order valence-corrected chi connectivity index (χ0v) is 11.0.